The zero-order valence-electron chi connectivity index (χ0n) is 14.0. The van der Waals surface area contributed by atoms with E-state index < -0.39 is 0 Å². The number of piperazine rings is 1. The first-order valence-corrected chi connectivity index (χ1v) is 8.91. The van der Waals surface area contributed by atoms with Gasteiger partial charge in [-0.25, -0.2) is 4.39 Å². The van der Waals surface area contributed by atoms with Crippen molar-refractivity contribution in [3.8, 4) is 0 Å². The van der Waals surface area contributed by atoms with Crippen LogP contribution in [0.2, 0.25) is 0 Å². The molecule has 1 aromatic heterocycles. The lowest BCUT2D eigenvalue weighted by Gasteiger charge is -2.34. The van der Waals surface area contributed by atoms with E-state index in [0.717, 1.165) is 42.8 Å². The summed E-state index contributed by atoms with van der Waals surface area (Å²) in [5.41, 5.74) is 1.06. The summed E-state index contributed by atoms with van der Waals surface area (Å²) in [6.45, 7) is 6.22. The largest absolute Gasteiger partial charge is 0.360 e. The summed E-state index contributed by atoms with van der Waals surface area (Å²) < 4.78 is 18.9. The van der Waals surface area contributed by atoms with Gasteiger partial charge in [0, 0.05) is 43.3 Å². The normalized spacial score (nSPS) is 16.1. The number of anilines is 1. The quantitative estimate of drug-likeness (QED) is 0.820. The molecule has 0 saturated carbocycles. The van der Waals surface area contributed by atoms with Gasteiger partial charge < -0.3 is 9.84 Å². The second kappa shape index (κ2) is 8.07. The van der Waals surface area contributed by atoms with Crippen LogP contribution in [0.5, 0.6) is 0 Å². The van der Waals surface area contributed by atoms with E-state index in [1.54, 1.807) is 19.1 Å². The molecule has 1 saturated heterocycles. The van der Waals surface area contributed by atoms with E-state index in [1.807, 2.05) is 0 Å². The van der Waals surface area contributed by atoms with Crippen LogP contribution in [-0.4, -0.2) is 53.6 Å². The lowest BCUT2D eigenvalue weighted by Crippen LogP contribution is -2.48. The molecule has 1 fully saturated rings. The van der Waals surface area contributed by atoms with Gasteiger partial charge in [-0.15, -0.1) is 0 Å². The van der Waals surface area contributed by atoms with Gasteiger partial charge in [0.25, 0.3) is 0 Å². The van der Waals surface area contributed by atoms with Gasteiger partial charge in [-0.1, -0.05) is 27.2 Å². The van der Waals surface area contributed by atoms with E-state index in [0.29, 0.717) is 18.1 Å². The van der Waals surface area contributed by atoms with Gasteiger partial charge in [-0.2, -0.15) is 0 Å². The standard InChI is InChI=1S/C17H20BrFN4O2/c1-12-8-16(21-25-12)20-17(24)11-23-6-4-22(5-7-23)10-13-2-3-14(19)9-15(13)18/h2-3,8-9H,4-7,10-11H2,1H3,(H,20,21,24). The highest BCUT2D eigenvalue weighted by atomic mass is 79.9. The summed E-state index contributed by atoms with van der Waals surface area (Å²) >= 11 is 3.41. The molecule has 0 aliphatic carbocycles. The van der Waals surface area contributed by atoms with Gasteiger partial charge in [-0.05, 0) is 24.6 Å². The SMILES string of the molecule is Cc1cc(NC(=O)CN2CCN(Cc3ccc(F)cc3Br)CC2)no1. The van der Waals surface area contributed by atoms with Crippen LogP contribution >= 0.6 is 15.9 Å². The Balaban J connectivity index is 1.44. The van der Waals surface area contributed by atoms with Gasteiger partial charge in [0.15, 0.2) is 5.82 Å². The third-order valence-corrected chi connectivity index (χ3v) is 4.87. The Morgan fingerprint density at radius 3 is 2.64 bits per heavy atom. The van der Waals surface area contributed by atoms with E-state index in [4.69, 9.17) is 4.52 Å². The van der Waals surface area contributed by atoms with E-state index >= 15 is 0 Å². The number of rotatable bonds is 5. The fraction of sp³-hybridized carbons (Fsp3) is 0.412. The average Bonchev–Trinajstić information content (AvgIpc) is 2.96. The summed E-state index contributed by atoms with van der Waals surface area (Å²) in [7, 11) is 0. The molecule has 0 spiro atoms. The Labute approximate surface area is 154 Å². The van der Waals surface area contributed by atoms with Crippen molar-refractivity contribution >= 4 is 27.7 Å². The molecule has 0 radical (unpaired) electrons. The van der Waals surface area contributed by atoms with Crippen LogP contribution in [0.15, 0.2) is 33.3 Å². The van der Waals surface area contributed by atoms with Crippen molar-refractivity contribution < 1.29 is 13.7 Å². The first kappa shape index (κ1) is 18.0. The maximum Gasteiger partial charge on any atom is 0.239 e. The number of carbonyl (C=O) groups is 1. The minimum atomic E-state index is -0.242. The minimum absolute atomic E-state index is 0.0944. The number of carbonyl (C=O) groups excluding carboxylic acids is 1. The number of benzene rings is 1. The van der Waals surface area contributed by atoms with E-state index in [1.165, 1.54) is 12.1 Å². The molecule has 0 unspecified atom stereocenters. The Morgan fingerprint density at radius 1 is 1.28 bits per heavy atom. The highest BCUT2D eigenvalue weighted by Crippen LogP contribution is 2.20. The Morgan fingerprint density at radius 2 is 2.00 bits per heavy atom. The average molecular weight is 411 g/mol. The van der Waals surface area contributed by atoms with Crippen LogP contribution in [0, 0.1) is 12.7 Å². The van der Waals surface area contributed by atoms with Gasteiger partial charge in [0.2, 0.25) is 5.91 Å². The Bertz CT molecular complexity index is 744. The molecule has 3 rings (SSSR count). The molecular formula is C17H20BrFN4O2. The van der Waals surface area contributed by atoms with Crippen molar-refractivity contribution in [2.45, 2.75) is 13.5 Å². The van der Waals surface area contributed by atoms with Crippen LogP contribution in [0.4, 0.5) is 10.2 Å². The molecule has 1 aliphatic heterocycles. The zero-order valence-corrected chi connectivity index (χ0v) is 15.6. The molecule has 6 nitrogen and oxygen atoms in total. The second-order valence-electron chi connectivity index (χ2n) is 6.16. The lowest BCUT2D eigenvalue weighted by molar-refractivity contribution is -0.117. The van der Waals surface area contributed by atoms with E-state index in [-0.39, 0.29) is 11.7 Å². The van der Waals surface area contributed by atoms with Crippen LogP contribution < -0.4 is 5.32 Å². The van der Waals surface area contributed by atoms with Crippen molar-refractivity contribution in [3.05, 3.63) is 45.9 Å². The van der Waals surface area contributed by atoms with Gasteiger partial charge in [0.1, 0.15) is 11.6 Å². The number of nitrogens with one attached hydrogen (secondary N) is 1. The van der Waals surface area contributed by atoms with Gasteiger partial charge >= 0.3 is 0 Å². The van der Waals surface area contributed by atoms with Crippen LogP contribution in [0.25, 0.3) is 0 Å². The molecule has 134 valence electrons. The second-order valence-corrected chi connectivity index (χ2v) is 7.01. The fourth-order valence-corrected chi connectivity index (χ4v) is 3.28. The van der Waals surface area contributed by atoms with Gasteiger partial charge in [0.05, 0.1) is 6.54 Å². The molecule has 1 N–H and O–H groups in total. The molecule has 0 atom stereocenters. The third kappa shape index (κ3) is 5.10. The zero-order chi connectivity index (χ0) is 17.8. The van der Waals surface area contributed by atoms with Crippen LogP contribution in [-0.2, 0) is 11.3 Å². The topological polar surface area (TPSA) is 61.6 Å². The summed E-state index contributed by atoms with van der Waals surface area (Å²) in [6, 6.07) is 6.46. The number of hydrogen-bond acceptors (Lipinski definition) is 5. The molecular weight excluding hydrogens is 391 g/mol. The number of amides is 1. The Hall–Kier alpha value is -1.77. The maximum atomic E-state index is 13.2. The Kier molecular flexibility index (Phi) is 5.82. The molecule has 25 heavy (non-hydrogen) atoms. The highest BCUT2D eigenvalue weighted by Gasteiger charge is 2.20. The first-order chi connectivity index (χ1) is 12.0. The van der Waals surface area contributed by atoms with Crippen LogP contribution in [0.1, 0.15) is 11.3 Å². The molecule has 0 bridgehead atoms. The predicted octanol–water partition coefficient (Wildman–Crippen LogP) is 2.64. The summed E-state index contributed by atoms with van der Waals surface area (Å²) in [4.78, 5) is 16.5. The summed E-state index contributed by atoms with van der Waals surface area (Å²) in [6.07, 6.45) is 0. The first-order valence-electron chi connectivity index (χ1n) is 8.11. The minimum Gasteiger partial charge on any atom is -0.360 e. The van der Waals surface area contributed by atoms with Crippen molar-refractivity contribution in [1.29, 1.82) is 0 Å². The van der Waals surface area contributed by atoms with Crippen molar-refractivity contribution in [2.24, 2.45) is 0 Å². The third-order valence-electron chi connectivity index (χ3n) is 4.14. The molecule has 2 heterocycles. The summed E-state index contributed by atoms with van der Waals surface area (Å²) in [5, 5.41) is 6.49. The number of aromatic nitrogens is 1. The monoisotopic (exact) mass is 410 g/mol. The van der Waals surface area contributed by atoms with Crippen LogP contribution in [0.3, 0.4) is 0 Å². The molecule has 1 aromatic carbocycles. The maximum absolute atomic E-state index is 13.2. The number of aryl methyl sites for hydroxylation is 1. The fourth-order valence-electron chi connectivity index (χ4n) is 2.81. The van der Waals surface area contributed by atoms with Crippen molar-refractivity contribution in [2.75, 3.05) is 38.0 Å². The lowest BCUT2D eigenvalue weighted by atomic mass is 10.2. The number of nitrogens with zero attached hydrogens (tertiary/aromatic N) is 3. The molecule has 1 aliphatic rings. The van der Waals surface area contributed by atoms with Crippen molar-refractivity contribution in [1.82, 2.24) is 15.0 Å². The van der Waals surface area contributed by atoms with E-state index in [2.05, 4.69) is 36.2 Å². The molecule has 8 heteroatoms. The molecule has 2 aromatic rings. The highest BCUT2D eigenvalue weighted by molar-refractivity contribution is 9.10. The van der Waals surface area contributed by atoms with Crippen molar-refractivity contribution in [3.63, 3.8) is 0 Å². The smallest absolute Gasteiger partial charge is 0.239 e. The predicted molar refractivity (Wildman–Crippen MR) is 95.7 cm³/mol. The number of halogens is 2. The van der Waals surface area contributed by atoms with E-state index in [9.17, 15) is 9.18 Å². The molecule has 1 amide bonds. The van der Waals surface area contributed by atoms with Gasteiger partial charge in [-0.3, -0.25) is 14.6 Å². The number of hydrogen-bond donors (Lipinski definition) is 1. The summed E-state index contributed by atoms with van der Waals surface area (Å²) in [5.74, 6) is 0.773.